The molecule has 8 heteroatoms. The van der Waals surface area contributed by atoms with Crippen LogP contribution in [0.3, 0.4) is 0 Å². The molecule has 0 amide bonds. The van der Waals surface area contributed by atoms with Gasteiger partial charge in [-0.1, -0.05) is 12.1 Å². The number of rotatable bonds is 6. The lowest BCUT2D eigenvalue weighted by Crippen LogP contribution is -2.22. The number of anilines is 2. The summed E-state index contributed by atoms with van der Waals surface area (Å²) >= 11 is 0. The van der Waals surface area contributed by atoms with E-state index in [0.717, 1.165) is 41.3 Å². The number of pyridine rings is 1. The minimum Gasteiger partial charge on any atom is -0.468 e. The second kappa shape index (κ2) is 8.87. The quantitative estimate of drug-likeness (QED) is 0.603. The average Bonchev–Trinajstić information content (AvgIpc) is 3.24. The van der Waals surface area contributed by atoms with E-state index in [1.165, 1.54) is 7.11 Å². The van der Waals surface area contributed by atoms with Crippen LogP contribution in [-0.4, -0.2) is 58.9 Å². The number of aliphatic hydroxyl groups is 1. The van der Waals surface area contributed by atoms with Gasteiger partial charge < -0.3 is 20.1 Å². The topological polar surface area (TPSA) is 100 Å². The molecule has 0 aliphatic carbocycles. The molecule has 0 saturated carbocycles. The third-order valence-electron chi connectivity index (χ3n) is 4.96. The molecule has 1 saturated heterocycles. The van der Waals surface area contributed by atoms with E-state index in [1.54, 1.807) is 12.4 Å². The predicted molar refractivity (Wildman–Crippen MR) is 114 cm³/mol. The van der Waals surface area contributed by atoms with Crippen molar-refractivity contribution >= 4 is 17.5 Å². The van der Waals surface area contributed by atoms with E-state index in [0.29, 0.717) is 12.4 Å². The highest BCUT2D eigenvalue weighted by Crippen LogP contribution is 2.28. The molecule has 3 aromatic rings. The Morgan fingerprint density at radius 1 is 1.23 bits per heavy atom. The summed E-state index contributed by atoms with van der Waals surface area (Å²) in [5.74, 6) is 1.04. The summed E-state index contributed by atoms with van der Waals surface area (Å²) in [7, 11) is 1.36. The fraction of sp³-hybridized carbons (Fsp3) is 0.273. The third-order valence-corrected chi connectivity index (χ3v) is 4.96. The van der Waals surface area contributed by atoms with Gasteiger partial charge in [0.2, 0.25) is 0 Å². The molecule has 0 radical (unpaired) electrons. The maximum Gasteiger partial charge on any atom is 0.325 e. The molecule has 1 atom stereocenters. The zero-order valence-electron chi connectivity index (χ0n) is 16.7. The number of nitrogens with one attached hydrogen (secondary N) is 1. The summed E-state index contributed by atoms with van der Waals surface area (Å²) in [5, 5.41) is 13.0. The van der Waals surface area contributed by atoms with Gasteiger partial charge in [-0.15, -0.1) is 0 Å². The van der Waals surface area contributed by atoms with Crippen molar-refractivity contribution in [2.24, 2.45) is 0 Å². The van der Waals surface area contributed by atoms with Crippen molar-refractivity contribution in [2.75, 3.05) is 37.0 Å². The molecule has 2 aromatic heterocycles. The summed E-state index contributed by atoms with van der Waals surface area (Å²) in [5.41, 5.74) is 3.34. The maximum absolute atomic E-state index is 11.3. The van der Waals surface area contributed by atoms with Crippen molar-refractivity contribution in [3.05, 3.63) is 54.9 Å². The fourth-order valence-electron chi connectivity index (χ4n) is 3.32. The zero-order chi connectivity index (χ0) is 20.9. The molecule has 2 N–H and O–H groups in total. The number of aromatic nitrogens is 3. The highest BCUT2D eigenvalue weighted by atomic mass is 16.5. The lowest BCUT2D eigenvalue weighted by molar-refractivity contribution is -0.138. The van der Waals surface area contributed by atoms with Crippen molar-refractivity contribution in [1.82, 2.24) is 15.0 Å². The number of hydrogen-bond acceptors (Lipinski definition) is 8. The van der Waals surface area contributed by atoms with Crippen molar-refractivity contribution in [1.29, 1.82) is 0 Å². The first-order valence-corrected chi connectivity index (χ1v) is 9.76. The van der Waals surface area contributed by atoms with Crippen LogP contribution in [0.5, 0.6) is 0 Å². The Hall–Kier alpha value is -3.52. The van der Waals surface area contributed by atoms with Gasteiger partial charge in [0.25, 0.3) is 0 Å². The number of methoxy groups -OCH3 is 1. The molecule has 1 aliphatic heterocycles. The second-order valence-electron chi connectivity index (χ2n) is 7.07. The Morgan fingerprint density at radius 3 is 2.73 bits per heavy atom. The molecule has 1 aliphatic rings. The van der Waals surface area contributed by atoms with Crippen molar-refractivity contribution < 1.29 is 14.6 Å². The van der Waals surface area contributed by atoms with Gasteiger partial charge in [0.1, 0.15) is 12.4 Å². The minimum absolute atomic E-state index is 0.107. The summed E-state index contributed by atoms with van der Waals surface area (Å²) in [6.07, 6.45) is 3.83. The average molecular weight is 405 g/mol. The fourth-order valence-corrected chi connectivity index (χ4v) is 3.32. The first kappa shape index (κ1) is 19.8. The highest BCUT2D eigenvalue weighted by molar-refractivity contribution is 5.75. The van der Waals surface area contributed by atoms with E-state index in [1.807, 2.05) is 42.5 Å². The summed E-state index contributed by atoms with van der Waals surface area (Å²) < 4.78 is 4.64. The molecular weight excluding hydrogens is 382 g/mol. The van der Waals surface area contributed by atoms with Crippen LogP contribution < -0.4 is 10.2 Å². The van der Waals surface area contributed by atoms with Crippen LogP contribution in [0, 0.1) is 0 Å². The van der Waals surface area contributed by atoms with Gasteiger partial charge in [0.05, 0.1) is 18.9 Å². The molecule has 0 unspecified atom stereocenters. The lowest BCUT2D eigenvalue weighted by Gasteiger charge is -2.18. The van der Waals surface area contributed by atoms with Gasteiger partial charge in [-0.05, 0) is 30.7 Å². The third kappa shape index (κ3) is 4.55. The van der Waals surface area contributed by atoms with E-state index in [2.05, 4.69) is 19.9 Å². The Kier molecular flexibility index (Phi) is 5.85. The van der Waals surface area contributed by atoms with Crippen LogP contribution in [0.1, 0.15) is 6.42 Å². The first-order chi connectivity index (χ1) is 14.6. The van der Waals surface area contributed by atoms with E-state index in [-0.39, 0.29) is 18.6 Å². The van der Waals surface area contributed by atoms with Gasteiger partial charge >= 0.3 is 5.97 Å². The Morgan fingerprint density at radius 2 is 2.07 bits per heavy atom. The van der Waals surface area contributed by atoms with Crippen LogP contribution in [0.2, 0.25) is 0 Å². The molecule has 154 valence electrons. The van der Waals surface area contributed by atoms with Crippen molar-refractivity contribution in [3.8, 4) is 22.6 Å². The van der Waals surface area contributed by atoms with Crippen LogP contribution in [0.15, 0.2) is 54.9 Å². The molecule has 3 heterocycles. The van der Waals surface area contributed by atoms with Crippen molar-refractivity contribution in [3.63, 3.8) is 0 Å². The first-order valence-electron chi connectivity index (χ1n) is 9.76. The smallest absolute Gasteiger partial charge is 0.325 e. The number of esters is 1. The number of carbonyl (C=O) groups is 1. The molecule has 30 heavy (non-hydrogen) atoms. The SMILES string of the molecule is COC(=O)CNc1ccc(-c2cc(N3CC[C@H](O)C3)nc(-c3cccnc3)n2)cc1. The molecule has 0 spiro atoms. The molecule has 0 bridgehead atoms. The number of aliphatic hydroxyl groups excluding tert-OH is 1. The van der Waals surface area contributed by atoms with E-state index >= 15 is 0 Å². The minimum atomic E-state index is -0.342. The number of hydrogen-bond donors (Lipinski definition) is 2. The van der Waals surface area contributed by atoms with Crippen LogP contribution in [-0.2, 0) is 9.53 Å². The van der Waals surface area contributed by atoms with E-state index in [9.17, 15) is 9.90 Å². The highest BCUT2D eigenvalue weighted by Gasteiger charge is 2.23. The Bertz CT molecular complexity index is 1010. The summed E-state index contributed by atoms with van der Waals surface area (Å²) in [6, 6.07) is 13.4. The van der Waals surface area contributed by atoms with Gasteiger partial charge in [0, 0.05) is 48.4 Å². The Labute approximate surface area is 174 Å². The molecule has 4 rings (SSSR count). The molecule has 8 nitrogen and oxygen atoms in total. The number of benzene rings is 1. The lowest BCUT2D eigenvalue weighted by atomic mass is 10.1. The molecule has 1 fully saturated rings. The second-order valence-corrected chi connectivity index (χ2v) is 7.07. The number of carbonyl (C=O) groups excluding carboxylic acids is 1. The summed E-state index contributed by atoms with van der Waals surface area (Å²) in [4.78, 5) is 27.0. The van der Waals surface area contributed by atoms with Crippen LogP contribution in [0.25, 0.3) is 22.6 Å². The van der Waals surface area contributed by atoms with E-state index in [4.69, 9.17) is 9.97 Å². The van der Waals surface area contributed by atoms with E-state index < -0.39 is 0 Å². The monoisotopic (exact) mass is 405 g/mol. The summed E-state index contributed by atoms with van der Waals surface area (Å²) in [6.45, 7) is 1.41. The zero-order valence-corrected chi connectivity index (χ0v) is 16.7. The number of β-amino-alcohol motifs (C(OH)–C–C–N with tert-alkyl or cyclic N) is 1. The predicted octanol–water partition coefficient (Wildman–Crippen LogP) is 2.36. The van der Waals surface area contributed by atoms with Crippen molar-refractivity contribution in [2.45, 2.75) is 12.5 Å². The molecular formula is C22H23N5O3. The maximum atomic E-state index is 11.3. The normalized spacial score (nSPS) is 15.8. The number of ether oxygens (including phenoxy) is 1. The van der Waals surface area contributed by atoms with Crippen LogP contribution in [0.4, 0.5) is 11.5 Å². The van der Waals surface area contributed by atoms with Gasteiger partial charge in [-0.2, -0.15) is 0 Å². The number of nitrogens with zero attached hydrogens (tertiary/aromatic N) is 4. The van der Waals surface area contributed by atoms with Gasteiger partial charge in [0.15, 0.2) is 5.82 Å². The standard InChI is InChI=1S/C22H23N5O3/c1-30-21(29)13-24-17-6-4-15(5-7-17)19-11-20(27-10-8-18(28)14-27)26-22(25-19)16-3-2-9-23-12-16/h2-7,9,11-12,18,24,28H,8,10,13-14H2,1H3/t18-/m0/s1. The molecule has 1 aromatic carbocycles. The largest absolute Gasteiger partial charge is 0.468 e. The van der Waals surface area contributed by atoms with Crippen LogP contribution >= 0.6 is 0 Å². The van der Waals surface area contributed by atoms with Gasteiger partial charge in [-0.25, -0.2) is 9.97 Å². The van der Waals surface area contributed by atoms with Gasteiger partial charge in [-0.3, -0.25) is 9.78 Å². The Balaban J connectivity index is 1.65.